The van der Waals surface area contributed by atoms with Gasteiger partial charge in [0, 0.05) is 10.2 Å². The van der Waals surface area contributed by atoms with Crippen molar-refractivity contribution in [2.24, 2.45) is 5.73 Å². The van der Waals surface area contributed by atoms with Gasteiger partial charge in [-0.1, -0.05) is 22.0 Å². The molecule has 3 nitrogen and oxygen atoms in total. The number of nitrogen functional groups attached to an aromatic ring is 1. The molecule has 0 spiro atoms. The third-order valence-corrected chi connectivity index (χ3v) is 2.32. The van der Waals surface area contributed by atoms with E-state index in [0.717, 1.165) is 4.47 Å². The van der Waals surface area contributed by atoms with Crippen LogP contribution in [0.4, 0.5) is 5.69 Å². The molecule has 70 valence electrons. The highest BCUT2D eigenvalue weighted by molar-refractivity contribution is 9.10. The van der Waals surface area contributed by atoms with Crippen molar-refractivity contribution in [1.82, 2.24) is 0 Å². The number of benzene rings is 1. The molecular formula is C9H11BrN2O. The van der Waals surface area contributed by atoms with Gasteiger partial charge in [0.15, 0.2) is 5.78 Å². The first kappa shape index (κ1) is 10.2. The second-order valence-corrected chi connectivity index (χ2v) is 3.78. The minimum Gasteiger partial charge on any atom is -0.398 e. The molecule has 0 aliphatic carbocycles. The van der Waals surface area contributed by atoms with E-state index in [1.165, 1.54) is 6.92 Å². The van der Waals surface area contributed by atoms with Crippen LogP contribution in [0.3, 0.4) is 0 Å². The largest absolute Gasteiger partial charge is 0.398 e. The number of Topliss-reactive ketones (excluding diaryl/α,β-unsaturated/α-hetero) is 1. The molecule has 0 fully saturated rings. The van der Waals surface area contributed by atoms with E-state index in [1.807, 2.05) is 6.07 Å². The molecule has 0 aromatic heterocycles. The van der Waals surface area contributed by atoms with Crippen LogP contribution in [0.1, 0.15) is 18.5 Å². The number of rotatable bonds is 2. The molecule has 1 unspecified atom stereocenters. The highest BCUT2D eigenvalue weighted by Gasteiger charge is 2.13. The van der Waals surface area contributed by atoms with Gasteiger partial charge in [-0.15, -0.1) is 0 Å². The van der Waals surface area contributed by atoms with Crippen LogP contribution in [0.2, 0.25) is 0 Å². The van der Waals surface area contributed by atoms with Crippen molar-refractivity contribution < 1.29 is 4.79 Å². The van der Waals surface area contributed by atoms with Crippen molar-refractivity contribution in [2.45, 2.75) is 13.0 Å². The number of nitrogens with two attached hydrogens (primary N) is 2. The van der Waals surface area contributed by atoms with Crippen molar-refractivity contribution in [3.63, 3.8) is 0 Å². The number of carbonyl (C=O) groups is 1. The maximum absolute atomic E-state index is 11.0. The summed E-state index contributed by atoms with van der Waals surface area (Å²) >= 11 is 3.28. The molecule has 0 saturated carbocycles. The van der Waals surface area contributed by atoms with Crippen molar-refractivity contribution in [3.05, 3.63) is 28.2 Å². The van der Waals surface area contributed by atoms with E-state index in [9.17, 15) is 4.79 Å². The maximum atomic E-state index is 11.0. The van der Waals surface area contributed by atoms with Crippen LogP contribution in [0, 0.1) is 0 Å². The highest BCUT2D eigenvalue weighted by Crippen LogP contribution is 2.23. The lowest BCUT2D eigenvalue weighted by Crippen LogP contribution is -2.19. The minimum absolute atomic E-state index is 0.0889. The second-order valence-electron chi connectivity index (χ2n) is 2.86. The number of carbonyl (C=O) groups excluding carboxylic acids is 1. The van der Waals surface area contributed by atoms with Gasteiger partial charge in [-0.05, 0) is 24.6 Å². The van der Waals surface area contributed by atoms with E-state index < -0.39 is 6.04 Å². The third kappa shape index (κ3) is 2.29. The van der Waals surface area contributed by atoms with Crippen molar-refractivity contribution in [1.29, 1.82) is 0 Å². The predicted octanol–water partition coefficient (Wildman–Crippen LogP) is 1.62. The molecule has 0 amide bonds. The van der Waals surface area contributed by atoms with Gasteiger partial charge in [-0.3, -0.25) is 4.79 Å². The van der Waals surface area contributed by atoms with Gasteiger partial charge < -0.3 is 11.5 Å². The van der Waals surface area contributed by atoms with Crippen LogP contribution in [0.25, 0.3) is 0 Å². The molecule has 0 aliphatic heterocycles. The van der Waals surface area contributed by atoms with E-state index in [0.29, 0.717) is 11.3 Å². The molecule has 1 aromatic carbocycles. The topological polar surface area (TPSA) is 69.1 Å². The second kappa shape index (κ2) is 3.89. The van der Waals surface area contributed by atoms with E-state index >= 15 is 0 Å². The van der Waals surface area contributed by atoms with Gasteiger partial charge in [0.25, 0.3) is 0 Å². The number of hydrogen-bond donors (Lipinski definition) is 2. The Kier molecular flexibility index (Phi) is 3.06. The minimum atomic E-state index is -0.618. The van der Waals surface area contributed by atoms with Gasteiger partial charge in [-0.2, -0.15) is 0 Å². The van der Waals surface area contributed by atoms with Crippen LogP contribution in [0.15, 0.2) is 22.7 Å². The summed E-state index contributed by atoms with van der Waals surface area (Å²) < 4.78 is 0.879. The molecule has 1 atom stereocenters. The molecule has 0 aliphatic rings. The number of halogens is 1. The van der Waals surface area contributed by atoms with E-state index in [1.54, 1.807) is 12.1 Å². The zero-order valence-electron chi connectivity index (χ0n) is 7.25. The number of anilines is 1. The first-order chi connectivity index (χ1) is 6.02. The van der Waals surface area contributed by atoms with Crippen molar-refractivity contribution in [3.8, 4) is 0 Å². The molecular weight excluding hydrogens is 232 g/mol. The highest BCUT2D eigenvalue weighted by atomic mass is 79.9. The van der Waals surface area contributed by atoms with Crippen LogP contribution in [-0.2, 0) is 4.79 Å². The Morgan fingerprint density at radius 1 is 1.54 bits per heavy atom. The average Bonchev–Trinajstić information content (AvgIpc) is 2.03. The van der Waals surface area contributed by atoms with E-state index in [4.69, 9.17) is 11.5 Å². The van der Waals surface area contributed by atoms with Gasteiger partial charge in [-0.25, -0.2) is 0 Å². The lowest BCUT2D eigenvalue weighted by molar-refractivity contribution is -0.118. The van der Waals surface area contributed by atoms with Gasteiger partial charge in [0.05, 0.1) is 6.04 Å². The summed E-state index contributed by atoms with van der Waals surface area (Å²) in [7, 11) is 0. The number of ketones is 1. The molecule has 4 N–H and O–H groups in total. The summed E-state index contributed by atoms with van der Waals surface area (Å²) in [5.41, 5.74) is 12.6. The molecule has 0 bridgehead atoms. The summed E-state index contributed by atoms with van der Waals surface area (Å²) in [5, 5.41) is 0. The normalized spacial score (nSPS) is 12.5. The van der Waals surface area contributed by atoms with Crippen LogP contribution < -0.4 is 11.5 Å². The Labute approximate surface area is 85.2 Å². The molecule has 13 heavy (non-hydrogen) atoms. The predicted molar refractivity (Wildman–Crippen MR) is 56.2 cm³/mol. The summed E-state index contributed by atoms with van der Waals surface area (Å²) in [4.78, 5) is 11.0. The average molecular weight is 243 g/mol. The summed E-state index contributed by atoms with van der Waals surface area (Å²) in [6.07, 6.45) is 0. The summed E-state index contributed by atoms with van der Waals surface area (Å²) in [5.74, 6) is -0.0889. The fourth-order valence-corrected chi connectivity index (χ4v) is 1.43. The van der Waals surface area contributed by atoms with Gasteiger partial charge in [0.1, 0.15) is 0 Å². The Morgan fingerprint density at radius 3 is 2.62 bits per heavy atom. The fraction of sp³-hybridized carbons (Fsp3) is 0.222. The summed E-state index contributed by atoms with van der Waals surface area (Å²) in [6, 6.07) is 4.69. The van der Waals surface area contributed by atoms with Crippen LogP contribution in [0.5, 0.6) is 0 Å². The molecule has 4 heteroatoms. The Bertz CT molecular complexity index is 338. The molecule has 0 radical (unpaired) electrons. The van der Waals surface area contributed by atoms with E-state index in [-0.39, 0.29) is 5.78 Å². The van der Waals surface area contributed by atoms with Crippen molar-refractivity contribution in [2.75, 3.05) is 5.73 Å². The maximum Gasteiger partial charge on any atom is 0.151 e. The van der Waals surface area contributed by atoms with E-state index in [2.05, 4.69) is 15.9 Å². The van der Waals surface area contributed by atoms with Crippen LogP contribution in [-0.4, -0.2) is 5.78 Å². The molecule has 0 saturated heterocycles. The quantitative estimate of drug-likeness (QED) is 0.775. The fourth-order valence-electron chi connectivity index (χ4n) is 1.05. The smallest absolute Gasteiger partial charge is 0.151 e. The lowest BCUT2D eigenvalue weighted by Gasteiger charge is -2.11. The zero-order valence-corrected chi connectivity index (χ0v) is 8.84. The summed E-state index contributed by atoms with van der Waals surface area (Å²) in [6.45, 7) is 1.45. The van der Waals surface area contributed by atoms with Crippen LogP contribution >= 0.6 is 15.9 Å². The van der Waals surface area contributed by atoms with Crippen molar-refractivity contribution >= 4 is 27.4 Å². The zero-order chi connectivity index (χ0) is 10.0. The van der Waals surface area contributed by atoms with Gasteiger partial charge >= 0.3 is 0 Å². The Hall–Kier alpha value is -0.870. The SMILES string of the molecule is CC(=O)C(N)c1ccc(Br)cc1N. The third-order valence-electron chi connectivity index (χ3n) is 1.82. The lowest BCUT2D eigenvalue weighted by atomic mass is 10.0. The first-order valence-electron chi connectivity index (χ1n) is 3.83. The Morgan fingerprint density at radius 2 is 2.15 bits per heavy atom. The standard InChI is InChI=1S/C9H11BrN2O/c1-5(13)9(12)7-3-2-6(10)4-8(7)11/h2-4,9H,11-12H2,1H3. The monoisotopic (exact) mass is 242 g/mol. The first-order valence-corrected chi connectivity index (χ1v) is 4.62. The van der Waals surface area contributed by atoms with Gasteiger partial charge in [0.2, 0.25) is 0 Å². The Balaban J connectivity index is 3.08. The molecule has 0 heterocycles. The molecule has 1 aromatic rings. The number of hydrogen-bond acceptors (Lipinski definition) is 3. The molecule has 1 rings (SSSR count).